The second-order valence-electron chi connectivity index (χ2n) is 10.3. The van der Waals surface area contributed by atoms with E-state index in [1.807, 2.05) is 54.6 Å². The molecule has 9 heteroatoms. The first-order chi connectivity index (χ1) is 18.7. The maximum atomic E-state index is 13.8. The van der Waals surface area contributed by atoms with E-state index in [1.165, 1.54) is 4.90 Å². The number of unbranched alkanes of at least 4 members (excludes halogenated alkanes) is 2. The number of amides is 3. The number of hydrogen-bond acceptors (Lipinski definition) is 3. The largest absolute Gasteiger partial charge is 0.325 e. The summed E-state index contributed by atoms with van der Waals surface area (Å²) in [6.07, 6.45) is 2.17. The van der Waals surface area contributed by atoms with E-state index in [0.717, 1.165) is 26.7 Å². The molecule has 1 aliphatic heterocycles. The monoisotopic (exact) mass is 644 g/mol. The number of halogens is 4. The second-order valence-corrected chi connectivity index (χ2v) is 12.8. The highest BCUT2D eigenvalue weighted by Crippen LogP contribution is 2.69. The number of alkyl halides is 2. The Labute approximate surface area is 249 Å². The van der Waals surface area contributed by atoms with Crippen molar-refractivity contribution >= 4 is 74.1 Å². The van der Waals surface area contributed by atoms with Crippen LogP contribution >= 0.6 is 50.7 Å². The van der Waals surface area contributed by atoms with E-state index in [-0.39, 0.29) is 24.3 Å². The number of carbonyl (C=O) groups is 3. The van der Waals surface area contributed by atoms with Gasteiger partial charge in [0.05, 0.1) is 22.5 Å². The molecule has 0 spiro atoms. The van der Waals surface area contributed by atoms with E-state index < -0.39 is 21.6 Å². The highest BCUT2D eigenvalue weighted by molar-refractivity contribution is 9.10. The maximum absolute atomic E-state index is 13.8. The van der Waals surface area contributed by atoms with Gasteiger partial charge in [-0.3, -0.25) is 19.3 Å². The fourth-order valence-electron chi connectivity index (χ4n) is 6.48. The normalized spacial score (nSPS) is 26.3. The van der Waals surface area contributed by atoms with Gasteiger partial charge >= 0.3 is 0 Å². The molecule has 0 radical (unpaired) electrons. The first-order valence-corrected chi connectivity index (χ1v) is 14.8. The lowest BCUT2D eigenvalue weighted by Gasteiger charge is -2.54. The van der Waals surface area contributed by atoms with E-state index >= 15 is 0 Å². The summed E-state index contributed by atoms with van der Waals surface area (Å²) in [4.78, 5) is 39.0. The smallest absolute Gasteiger partial charge is 0.235 e. The van der Waals surface area contributed by atoms with Crippen molar-refractivity contribution in [1.29, 1.82) is 0 Å². The van der Waals surface area contributed by atoms with Gasteiger partial charge < -0.3 is 5.32 Å². The predicted molar refractivity (Wildman–Crippen MR) is 156 cm³/mol. The number of imide groups is 1. The molecule has 1 heterocycles. The van der Waals surface area contributed by atoms with Gasteiger partial charge in [-0.25, -0.2) is 0 Å². The quantitative estimate of drug-likeness (QED) is 0.168. The lowest BCUT2D eigenvalue weighted by atomic mass is 9.54. The minimum Gasteiger partial charge on any atom is -0.325 e. The molecule has 1 saturated heterocycles. The van der Waals surface area contributed by atoms with E-state index in [4.69, 9.17) is 34.8 Å². The topological polar surface area (TPSA) is 66.5 Å². The molecular formula is C30H24BrCl3N2O3. The van der Waals surface area contributed by atoms with Crippen LogP contribution in [0, 0.1) is 11.8 Å². The van der Waals surface area contributed by atoms with Crippen molar-refractivity contribution in [2.75, 3.05) is 11.9 Å². The number of nitrogens with one attached hydrogen (secondary N) is 1. The van der Waals surface area contributed by atoms with Gasteiger partial charge in [0.25, 0.3) is 0 Å². The average Bonchev–Trinajstić information content (AvgIpc) is 3.19. The zero-order valence-corrected chi connectivity index (χ0v) is 24.6. The minimum atomic E-state index is -1.16. The van der Waals surface area contributed by atoms with E-state index in [2.05, 4.69) is 21.2 Å². The Morgan fingerprint density at radius 1 is 0.821 bits per heavy atom. The van der Waals surface area contributed by atoms with Crippen molar-refractivity contribution in [3.8, 4) is 0 Å². The number of anilines is 1. The predicted octanol–water partition coefficient (Wildman–Crippen LogP) is 7.19. The number of benzene rings is 3. The Hall–Kier alpha value is -2.38. The van der Waals surface area contributed by atoms with Gasteiger partial charge in [0.2, 0.25) is 17.7 Å². The fraction of sp³-hybridized carbons (Fsp3) is 0.300. The molecule has 2 bridgehead atoms. The first-order valence-electron chi connectivity index (χ1n) is 12.9. The van der Waals surface area contributed by atoms with E-state index in [9.17, 15) is 14.4 Å². The highest BCUT2D eigenvalue weighted by atomic mass is 79.9. The zero-order valence-electron chi connectivity index (χ0n) is 20.7. The Morgan fingerprint density at radius 2 is 1.33 bits per heavy atom. The maximum Gasteiger partial charge on any atom is 0.235 e. The molecule has 2 atom stereocenters. The fourth-order valence-corrected chi connectivity index (χ4v) is 8.30. The Kier molecular flexibility index (Phi) is 6.82. The first kappa shape index (κ1) is 26.8. The van der Waals surface area contributed by atoms with Gasteiger partial charge in [0.15, 0.2) is 0 Å². The molecule has 3 aromatic carbocycles. The van der Waals surface area contributed by atoms with Crippen LogP contribution in [-0.4, -0.2) is 29.2 Å². The highest BCUT2D eigenvalue weighted by Gasteiger charge is 2.72. The SMILES string of the molecule is O=C(CCCCCN1C(=O)[C@@H]2[C@@H](C1=O)C1(Cl)c3ccccc3C2(Cl)c2ccccc21)Nc1ccc(Br)cc1Cl. The van der Waals surface area contributed by atoms with Crippen molar-refractivity contribution in [3.63, 3.8) is 0 Å². The summed E-state index contributed by atoms with van der Waals surface area (Å²) in [5.74, 6) is -2.27. The molecule has 39 heavy (non-hydrogen) atoms. The van der Waals surface area contributed by atoms with E-state index in [1.54, 1.807) is 12.1 Å². The van der Waals surface area contributed by atoms with Gasteiger partial charge in [-0.1, -0.05) is 82.5 Å². The summed E-state index contributed by atoms with van der Waals surface area (Å²) < 4.78 is 0.831. The molecule has 1 N–H and O–H groups in total. The number of nitrogens with zero attached hydrogens (tertiary/aromatic N) is 1. The molecule has 0 aromatic heterocycles. The van der Waals surface area contributed by atoms with Gasteiger partial charge in [-0.05, 0) is 53.3 Å². The van der Waals surface area contributed by atoms with Crippen LogP contribution in [0.1, 0.15) is 47.9 Å². The Balaban J connectivity index is 1.15. The molecule has 3 amide bonds. The van der Waals surface area contributed by atoms with Gasteiger partial charge in [0, 0.05) is 17.4 Å². The molecule has 4 aliphatic rings. The van der Waals surface area contributed by atoms with Crippen molar-refractivity contribution in [2.45, 2.75) is 35.4 Å². The Bertz CT molecular complexity index is 1410. The van der Waals surface area contributed by atoms with Crippen LogP contribution in [-0.2, 0) is 24.1 Å². The van der Waals surface area contributed by atoms with Gasteiger partial charge in [-0.2, -0.15) is 0 Å². The van der Waals surface area contributed by atoms with Crippen LogP contribution in [0.25, 0.3) is 0 Å². The van der Waals surface area contributed by atoms with Crippen molar-refractivity contribution in [3.05, 3.63) is 98.5 Å². The molecule has 5 nitrogen and oxygen atoms in total. The molecule has 1 fully saturated rings. The van der Waals surface area contributed by atoms with Crippen molar-refractivity contribution in [2.24, 2.45) is 11.8 Å². The van der Waals surface area contributed by atoms with Crippen LogP contribution < -0.4 is 5.32 Å². The van der Waals surface area contributed by atoms with Crippen LogP contribution in [0.5, 0.6) is 0 Å². The van der Waals surface area contributed by atoms with Gasteiger partial charge in [0.1, 0.15) is 9.75 Å². The number of rotatable bonds is 7. The molecule has 0 unspecified atom stereocenters. The van der Waals surface area contributed by atoms with Crippen molar-refractivity contribution < 1.29 is 14.4 Å². The minimum absolute atomic E-state index is 0.140. The summed E-state index contributed by atoms with van der Waals surface area (Å²) in [5, 5.41) is 3.28. The third kappa shape index (κ3) is 3.98. The van der Waals surface area contributed by atoms with Gasteiger partial charge in [-0.15, -0.1) is 23.2 Å². The lowest BCUT2D eigenvalue weighted by molar-refractivity contribution is -0.140. The summed E-state index contributed by atoms with van der Waals surface area (Å²) in [6.45, 7) is 0.261. The number of likely N-dealkylation sites (tertiary alicyclic amines) is 1. The van der Waals surface area contributed by atoms with Crippen LogP contribution in [0.4, 0.5) is 5.69 Å². The second kappa shape index (κ2) is 9.91. The zero-order chi connectivity index (χ0) is 27.5. The molecule has 0 saturated carbocycles. The average molecular weight is 647 g/mol. The van der Waals surface area contributed by atoms with Crippen LogP contribution in [0.3, 0.4) is 0 Å². The molecule has 3 aromatic rings. The molecular weight excluding hydrogens is 623 g/mol. The summed E-state index contributed by atoms with van der Waals surface area (Å²) in [5.41, 5.74) is 3.73. The number of hydrogen-bond donors (Lipinski definition) is 1. The molecule has 200 valence electrons. The summed E-state index contributed by atoms with van der Waals surface area (Å²) >= 11 is 24.4. The van der Waals surface area contributed by atoms with Crippen LogP contribution in [0.15, 0.2) is 71.2 Å². The third-order valence-electron chi connectivity index (χ3n) is 8.17. The standard InChI is InChI=1S/C30H24BrCl3N2O3/c31-17-13-14-23(22(32)16-17)35-24(37)12-2-1-7-15-36-27(38)25-26(28(36)39)30(34)19-9-4-3-8-18(19)29(25,33)20-10-5-6-11-21(20)30/h3-6,8-11,13-14,16,25-26H,1-2,7,12,15H2,(H,35,37)/t25-,26-,29?,30?/m0/s1. The summed E-state index contributed by atoms with van der Waals surface area (Å²) in [7, 11) is 0. The molecule has 3 aliphatic carbocycles. The van der Waals surface area contributed by atoms with Crippen molar-refractivity contribution in [1.82, 2.24) is 4.90 Å². The third-order valence-corrected chi connectivity index (χ3v) is 10.3. The van der Waals surface area contributed by atoms with Crippen LogP contribution in [0.2, 0.25) is 5.02 Å². The lowest BCUT2D eigenvalue weighted by Crippen LogP contribution is -2.57. The number of carbonyl (C=O) groups excluding carboxylic acids is 3. The Morgan fingerprint density at radius 3 is 1.82 bits per heavy atom. The van der Waals surface area contributed by atoms with E-state index in [0.29, 0.717) is 36.4 Å². The molecule has 7 rings (SSSR count). The summed E-state index contributed by atoms with van der Waals surface area (Å²) in [6, 6.07) is 20.5.